The summed E-state index contributed by atoms with van der Waals surface area (Å²) >= 11 is 0. The van der Waals surface area contributed by atoms with Crippen LogP contribution in [-0.4, -0.2) is 53.6 Å². The molecule has 0 aliphatic heterocycles. The fourth-order valence-electron chi connectivity index (χ4n) is 4.07. The standard InChI is InChI=1S/C30H32N4O4/c1-21(2)18-33(29(36)23-12-16-26(38-4)17-13-23)20-28(35)32-30-31-27(22-10-14-25(37-3)15-11-22)19-34(30)24-8-6-5-7-9-24/h5-17,19,21H,18,20H2,1-4H3,(H,31,32,35). The summed E-state index contributed by atoms with van der Waals surface area (Å²) in [5.41, 5.74) is 2.92. The van der Waals surface area contributed by atoms with Crippen molar-refractivity contribution >= 4 is 17.8 Å². The largest absolute Gasteiger partial charge is 0.497 e. The predicted molar refractivity (Wildman–Crippen MR) is 148 cm³/mol. The summed E-state index contributed by atoms with van der Waals surface area (Å²) in [6, 6.07) is 24.1. The fraction of sp³-hybridized carbons (Fsp3) is 0.233. The van der Waals surface area contributed by atoms with Crippen molar-refractivity contribution in [2.45, 2.75) is 13.8 Å². The van der Waals surface area contributed by atoms with E-state index in [9.17, 15) is 9.59 Å². The van der Waals surface area contributed by atoms with Crippen molar-refractivity contribution in [2.24, 2.45) is 5.92 Å². The number of hydrogen-bond donors (Lipinski definition) is 1. The number of hydrogen-bond acceptors (Lipinski definition) is 5. The third kappa shape index (κ3) is 6.39. The maximum absolute atomic E-state index is 13.3. The molecule has 4 rings (SSSR count). The van der Waals surface area contributed by atoms with Crippen LogP contribution in [0.25, 0.3) is 16.9 Å². The number of carbonyl (C=O) groups excluding carboxylic acids is 2. The molecule has 0 fully saturated rings. The molecule has 1 heterocycles. The van der Waals surface area contributed by atoms with Gasteiger partial charge in [-0.05, 0) is 66.6 Å². The van der Waals surface area contributed by atoms with Crippen LogP contribution >= 0.6 is 0 Å². The number of imidazole rings is 1. The number of para-hydroxylation sites is 1. The van der Waals surface area contributed by atoms with Crippen molar-refractivity contribution in [1.29, 1.82) is 0 Å². The zero-order valence-electron chi connectivity index (χ0n) is 22.0. The second-order valence-corrected chi connectivity index (χ2v) is 9.24. The minimum Gasteiger partial charge on any atom is -0.497 e. The Hall–Kier alpha value is -4.59. The van der Waals surface area contributed by atoms with Gasteiger partial charge in [0.05, 0.1) is 19.9 Å². The molecule has 3 aromatic carbocycles. The number of aromatic nitrogens is 2. The smallest absolute Gasteiger partial charge is 0.254 e. The molecule has 8 nitrogen and oxygen atoms in total. The van der Waals surface area contributed by atoms with E-state index in [2.05, 4.69) is 5.32 Å². The summed E-state index contributed by atoms with van der Waals surface area (Å²) in [6.07, 6.45) is 1.88. The van der Waals surface area contributed by atoms with Gasteiger partial charge < -0.3 is 14.4 Å². The van der Waals surface area contributed by atoms with Gasteiger partial charge in [-0.25, -0.2) is 4.98 Å². The molecular formula is C30H32N4O4. The molecule has 196 valence electrons. The summed E-state index contributed by atoms with van der Waals surface area (Å²) in [5.74, 6) is 1.40. The van der Waals surface area contributed by atoms with Gasteiger partial charge in [-0.1, -0.05) is 32.0 Å². The second kappa shape index (κ2) is 12.1. The van der Waals surface area contributed by atoms with Crippen molar-refractivity contribution in [2.75, 3.05) is 32.6 Å². The van der Waals surface area contributed by atoms with Gasteiger partial charge in [0.2, 0.25) is 11.9 Å². The monoisotopic (exact) mass is 512 g/mol. The van der Waals surface area contributed by atoms with E-state index in [0.29, 0.717) is 29.5 Å². The van der Waals surface area contributed by atoms with Gasteiger partial charge in [-0.3, -0.25) is 19.5 Å². The minimum absolute atomic E-state index is 0.109. The molecule has 0 unspecified atom stereocenters. The third-order valence-corrected chi connectivity index (χ3v) is 5.92. The number of nitrogens with one attached hydrogen (secondary N) is 1. The average molecular weight is 513 g/mol. The topological polar surface area (TPSA) is 85.7 Å². The zero-order valence-corrected chi connectivity index (χ0v) is 22.0. The van der Waals surface area contributed by atoms with Crippen molar-refractivity contribution in [3.8, 4) is 28.4 Å². The fourth-order valence-corrected chi connectivity index (χ4v) is 4.07. The van der Waals surface area contributed by atoms with E-state index in [1.807, 2.05) is 79.2 Å². The highest BCUT2D eigenvalue weighted by atomic mass is 16.5. The molecule has 38 heavy (non-hydrogen) atoms. The molecule has 4 aromatic rings. The first-order chi connectivity index (χ1) is 18.4. The Kier molecular flexibility index (Phi) is 8.43. The van der Waals surface area contributed by atoms with E-state index in [1.54, 1.807) is 43.4 Å². The van der Waals surface area contributed by atoms with Crippen LogP contribution in [0.3, 0.4) is 0 Å². The van der Waals surface area contributed by atoms with Gasteiger partial charge in [-0.15, -0.1) is 0 Å². The van der Waals surface area contributed by atoms with Crippen molar-refractivity contribution in [3.63, 3.8) is 0 Å². The van der Waals surface area contributed by atoms with Crippen LogP contribution in [0.5, 0.6) is 11.5 Å². The highest BCUT2D eigenvalue weighted by Gasteiger charge is 2.22. The molecule has 8 heteroatoms. The van der Waals surface area contributed by atoms with Gasteiger partial charge in [0.1, 0.15) is 18.0 Å². The van der Waals surface area contributed by atoms with Gasteiger partial charge in [0.25, 0.3) is 5.91 Å². The lowest BCUT2D eigenvalue weighted by atomic mass is 10.1. The lowest BCUT2D eigenvalue weighted by Gasteiger charge is -2.24. The van der Waals surface area contributed by atoms with Crippen molar-refractivity contribution < 1.29 is 19.1 Å². The van der Waals surface area contributed by atoms with Gasteiger partial charge in [0.15, 0.2) is 0 Å². The van der Waals surface area contributed by atoms with Crippen LogP contribution in [0.4, 0.5) is 5.95 Å². The Labute approximate surface area is 222 Å². The lowest BCUT2D eigenvalue weighted by molar-refractivity contribution is -0.117. The van der Waals surface area contributed by atoms with Gasteiger partial charge >= 0.3 is 0 Å². The van der Waals surface area contributed by atoms with Crippen LogP contribution in [0, 0.1) is 5.92 Å². The Morgan fingerprint density at radius 1 is 0.895 bits per heavy atom. The first kappa shape index (κ1) is 26.5. The molecule has 0 spiro atoms. The van der Waals surface area contributed by atoms with E-state index < -0.39 is 0 Å². The van der Waals surface area contributed by atoms with Gasteiger partial charge in [-0.2, -0.15) is 0 Å². The molecule has 2 amide bonds. The zero-order chi connectivity index (χ0) is 27.1. The second-order valence-electron chi connectivity index (χ2n) is 9.24. The molecule has 0 aliphatic carbocycles. The molecule has 0 atom stereocenters. The highest BCUT2D eigenvalue weighted by molar-refractivity contribution is 5.99. The number of rotatable bonds is 10. The van der Waals surface area contributed by atoms with Crippen LogP contribution < -0.4 is 14.8 Å². The van der Waals surface area contributed by atoms with Crippen molar-refractivity contribution in [3.05, 3.63) is 90.6 Å². The average Bonchev–Trinajstić information content (AvgIpc) is 3.36. The van der Waals surface area contributed by atoms with Gasteiger partial charge in [0, 0.05) is 29.6 Å². The quantitative estimate of drug-likeness (QED) is 0.312. The summed E-state index contributed by atoms with van der Waals surface area (Å²) in [7, 11) is 3.19. The molecule has 1 N–H and O–H groups in total. The maximum atomic E-state index is 13.3. The molecule has 0 bridgehead atoms. The number of anilines is 1. The van der Waals surface area contributed by atoms with Crippen molar-refractivity contribution in [1.82, 2.24) is 14.5 Å². The first-order valence-corrected chi connectivity index (χ1v) is 12.4. The van der Waals surface area contributed by atoms with E-state index in [4.69, 9.17) is 14.5 Å². The Bertz CT molecular complexity index is 1360. The summed E-state index contributed by atoms with van der Waals surface area (Å²) in [6.45, 7) is 4.34. The normalized spacial score (nSPS) is 10.8. The summed E-state index contributed by atoms with van der Waals surface area (Å²) < 4.78 is 12.3. The number of ether oxygens (including phenoxy) is 2. The van der Waals surface area contributed by atoms with E-state index in [1.165, 1.54) is 0 Å². The van der Waals surface area contributed by atoms with Crippen LogP contribution in [0.2, 0.25) is 0 Å². The number of benzene rings is 3. The number of carbonyl (C=O) groups is 2. The Morgan fingerprint density at radius 2 is 1.50 bits per heavy atom. The first-order valence-electron chi connectivity index (χ1n) is 12.4. The maximum Gasteiger partial charge on any atom is 0.254 e. The van der Waals surface area contributed by atoms with Crippen LogP contribution in [0.15, 0.2) is 85.1 Å². The lowest BCUT2D eigenvalue weighted by Crippen LogP contribution is -2.40. The minimum atomic E-state index is -0.337. The Balaban J connectivity index is 1.59. The number of methoxy groups -OCH3 is 2. The van der Waals surface area contributed by atoms with E-state index in [-0.39, 0.29) is 24.3 Å². The molecule has 0 aliphatic rings. The molecule has 0 radical (unpaired) electrons. The predicted octanol–water partition coefficient (Wildman–Crippen LogP) is 5.29. The molecular weight excluding hydrogens is 480 g/mol. The SMILES string of the molecule is COc1ccc(C(=O)N(CC(=O)Nc2nc(-c3ccc(OC)cc3)cn2-c2ccccc2)CC(C)C)cc1. The highest BCUT2D eigenvalue weighted by Crippen LogP contribution is 2.26. The van der Waals surface area contributed by atoms with Crippen LogP contribution in [0.1, 0.15) is 24.2 Å². The Morgan fingerprint density at radius 3 is 2.08 bits per heavy atom. The molecule has 1 aromatic heterocycles. The number of nitrogens with zero attached hydrogens (tertiary/aromatic N) is 3. The van der Waals surface area contributed by atoms with E-state index in [0.717, 1.165) is 17.0 Å². The summed E-state index contributed by atoms with van der Waals surface area (Å²) in [5, 5.41) is 2.92. The third-order valence-electron chi connectivity index (χ3n) is 5.92. The molecule has 0 saturated carbocycles. The summed E-state index contributed by atoms with van der Waals surface area (Å²) in [4.78, 5) is 32.8. The van der Waals surface area contributed by atoms with Crippen LogP contribution in [-0.2, 0) is 4.79 Å². The van der Waals surface area contributed by atoms with E-state index >= 15 is 0 Å². The molecule has 0 saturated heterocycles. The number of amides is 2.